The molecule has 0 aliphatic carbocycles. The van der Waals surface area contributed by atoms with E-state index in [9.17, 15) is 0 Å². The average molecular weight is 309 g/mol. The van der Waals surface area contributed by atoms with Crippen LogP contribution < -0.4 is 26.5 Å². The number of nitrogens with one attached hydrogen (secondary N) is 1. The molecule has 10 heteroatoms. The zero-order valence-electron chi connectivity index (χ0n) is 10.2. The minimum absolute atomic E-state index is 0. The summed E-state index contributed by atoms with van der Waals surface area (Å²) in [4.78, 5) is 26.7. The van der Waals surface area contributed by atoms with Gasteiger partial charge in [-0.25, -0.2) is 5.48 Å². The summed E-state index contributed by atoms with van der Waals surface area (Å²) in [6.45, 7) is 3.87. The SMILES string of the molecule is CC(=O)[O-].CC(=O)[O-].CC(=O)[O-].NCCNO.[Fe+3]. The molecule has 0 aliphatic rings. The van der Waals surface area contributed by atoms with Crippen LogP contribution >= 0.6 is 0 Å². The third-order valence-electron chi connectivity index (χ3n) is 0.256. The topological polar surface area (TPSA) is 179 Å². The number of hydrogen-bond acceptors (Lipinski definition) is 9. The van der Waals surface area contributed by atoms with Gasteiger partial charge in [0.05, 0.1) is 0 Å². The van der Waals surface area contributed by atoms with Crippen molar-refractivity contribution < 1.29 is 52.0 Å². The van der Waals surface area contributed by atoms with Crippen LogP contribution in [0.3, 0.4) is 0 Å². The molecule has 18 heavy (non-hydrogen) atoms. The summed E-state index contributed by atoms with van der Waals surface area (Å²) in [5.41, 5.74) is 6.81. The van der Waals surface area contributed by atoms with E-state index in [2.05, 4.69) is 0 Å². The summed E-state index contributed by atoms with van der Waals surface area (Å²) in [6, 6.07) is 0. The van der Waals surface area contributed by atoms with Gasteiger partial charge in [0.1, 0.15) is 0 Å². The van der Waals surface area contributed by atoms with Crippen LogP contribution in [0.25, 0.3) is 0 Å². The first-order chi connectivity index (χ1) is 7.61. The van der Waals surface area contributed by atoms with Gasteiger partial charge in [-0.2, -0.15) is 0 Å². The molecule has 0 aromatic carbocycles. The van der Waals surface area contributed by atoms with Gasteiger partial charge in [-0.3, -0.25) is 0 Å². The Morgan fingerprint density at radius 3 is 1.17 bits per heavy atom. The third-order valence-corrected chi connectivity index (χ3v) is 0.256. The number of carboxylic acids is 3. The second-order valence-corrected chi connectivity index (χ2v) is 2.17. The molecule has 0 aromatic rings. The van der Waals surface area contributed by atoms with Crippen molar-refractivity contribution >= 4 is 17.9 Å². The van der Waals surface area contributed by atoms with E-state index in [1.54, 1.807) is 0 Å². The van der Waals surface area contributed by atoms with Crippen LogP contribution in [0.2, 0.25) is 0 Å². The zero-order valence-corrected chi connectivity index (χ0v) is 11.3. The maximum absolute atomic E-state index is 8.89. The minimum atomic E-state index is -1.08. The summed E-state index contributed by atoms with van der Waals surface area (Å²) in [5, 5.41) is 34.4. The van der Waals surface area contributed by atoms with Gasteiger partial charge < -0.3 is 40.6 Å². The predicted octanol–water partition coefficient (Wildman–Crippen LogP) is -4.81. The fraction of sp³-hybridized carbons (Fsp3) is 0.625. The largest absolute Gasteiger partial charge is 3.00 e. The first-order valence-corrected chi connectivity index (χ1v) is 4.21. The van der Waals surface area contributed by atoms with E-state index in [-0.39, 0.29) is 17.1 Å². The molecule has 109 valence electrons. The van der Waals surface area contributed by atoms with Gasteiger partial charge in [-0.05, 0) is 20.8 Å². The molecule has 0 amide bonds. The predicted molar refractivity (Wildman–Crippen MR) is 50.9 cm³/mol. The van der Waals surface area contributed by atoms with E-state index < -0.39 is 17.9 Å². The van der Waals surface area contributed by atoms with Crippen LogP contribution in [0, 0.1) is 0 Å². The fourth-order valence-corrected chi connectivity index (χ4v) is 0.0645. The van der Waals surface area contributed by atoms with Crippen LogP contribution in [-0.4, -0.2) is 36.2 Å². The molecular formula is C8H17FeN2O7. The van der Waals surface area contributed by atoms with E-state index in [0.717, 1.165) is 20.8 Å². The molecule has 0 rings (SSSR count). The molecule has 0 aliphatic heterocycles. The number of carboxylic acid groups (broad SMARTS) is 3. The molecule has 0 saturated carbocycles. The Hall–Kier alpha value is -1.19. The Balaban J connectivity index is -0.0000000412. The van der Waals surface area contributed by atoms with Crippen molar-refractivity contribution in [1.82, 2.24) is 5.48 Å². The first-order valence-electron chi connectivity index (χ1n) is 4.21. The molecular weight excluding hydrogens is 292 g/mol. The molecule has 0 heterocycles. The summed E-state index contributed by atoms with van der Waals surface area (Å²) in [5.74, 6) is -3.25. The molecule has 0 spiro atoms. The second-order valence-electron chi connectivity index (χ2n) is 2.17. The summed E-state index contributed by atoms with van der Waals surface area (Å²) >= 11 is 0. The molecule has 0 fully saturated rings. The minimum Gasteiger partial charge on any atom is -0.550 e. The Morgan fingerprint density at radius 1 is 1.00 bits per heavy atom. The standard InChI is InChI=1S/C2H8N2O.3C2H4O2.Fe/c3-1-2-4-5;3*1-2(3)4;/h4-5H,1-3H2;3*1H3,(H,3,4);/q;;;;+3/p-3. The van der Waals surface area contributed by atoms with Crippen molar-refractivity contribution in [3.63, 3.8) is 0 Å². The molecule has 0 atom stereocenters. The molecule has 4 N–H and O–H groups in total. The Morgan fingerprint density at radius 2 is 1.17 bits per heavy atom. The normalized spacial score (nSPS) is 6.50. The van der Waals surface area contributed by atoms with Gasteiger partial charge in [0.25, 0.3) is 0 Å². The van der Waals surface area contributed by atoms with Gasteiger partial charge in [-0.1, -0.05) is 0 Å². The Bertz CT molecular complexity index is 159. The van der Waals surface area contributed by atoms with Gasteiger partial charge in [0.2, 0.25) is 0 Å². The first kappa shape index (κ1) is 30.1. The molecule has 0 aromatic heterocycles. The maximum Gasteiger partial charge on any atom is 3.00 e. The number of carbonyl (C=O) groups is 3. The summed E-state index contributed by atoms with van der Waals surface area (Å²) in [7, 11) is 0. The quantitative estimate of drug-likeness (QED) is 0.333. The zero-order chi connectivity index (χ0) is 14.9. The van der Waals surface area contributed by atoms with Gasteiger partial charge in [-0.15, -0.1) is 0 Å². The van der Waals surface area contributed by atoms with E-state index in [0.29, 0.717) is 13.1 Å². The van der Waals surface area contributed by atoms with Crippen molar-refractivity contribution in [2.45, 2.75) is 20.8 Å². The van der Waals surface area contributed by atoms with Crippen molar-refractivity contribution in [1.29, 1.82) is 0 Å². The summed E-state index contributed by atoms with van der Waals surface area (Å²) < 4.78 is 0. The number of carbonyl (C=O) groups excluding carboxylic acids is 3. The van der Waals surface area contributed by atoms with Gasteiger partial charge >= 0.3 is 17.1 Å². The van der Waals surface area contributed by atoms with E-state index in [4.69, 9.17) is 40.6 Å². The molecule has 0 saturated heterocycles. The van der Waals surface area contributed by atoms with Crippen LogP contribution in [-0.2, 0) is 31.5 Å². The van der Waals surface area contributed by atoms with Crippen molar-refractivity contribution in [2.24, 2.45) is 5.73 Å². The van der Waals surface area contributed by atoms with Crippen LogP contribution in [0.15, 0.2) is 0 Å². The van der Waals surface area contributed by atoms with Crippen LogP contribution in [0.1, 0.15) is 20.8 Å². The van der Waals surface area contributed by atoms with Gasteiger partial charge in [0.15, 0.2) is 0 Å². The van der Waals surface area contributed by atoms with Crippen molar-refractivity contribution in [3.05, 3.63) is 0 Å². The Kier molecular flexibility index (Phi) is 49.7. The monoisotopic (exact) mass is 309 g/mol. The Labute approximate surface area is 115 Å². The summed E-state index contributed by atoms with van der Waals surface area (Å²) in [6.07, 6.45) is 0. The second kappa shape index (κ2) is 29.7. The van der Waals surface area contributed by atoms with Gasteiger partial charge in [0, 0.05) is 31.0 Å². The molecule has 1 radical (unpaired) electrons. The maximum atomic E-state index is 8.89. The molecule has 0 unspecified atom stereocenters. The number of hydrogen-bond donors (Lipinski definition) is 3. The van der Waals surface area contributed by atoms with Crippen LogP contribution in [0.5, 0.6) is 0 Å². The number of nitrogens with two attached hydrogens (primary N) is 1. The van der Waals surface area contributed by atoms with Crippen molar-refractivity contribution in [3.8, 4) is 0 Å². The van der Waals surface area contributed by atoms with Crippen LogP contribution in [0.4, 0.5) is 0 Å². The fourth-order valence-electron chi connectivity index (χ4n) is 0.0645. The molecule has 0 bridgehead atoms. The van der Waals surface area contributed by atoms with E-state index in [1.807, 2.05) is 5.48 Å². The smallest absolute Gasteiger partial charge is 0.550 e. The average Bonchev–Trinajstić information content (AvgIpc) is 2.01. The number of aliphatic carboxylic acids is 3. The third kappa shape index (κ3) is 4310. The van der Waals surface area contributed by atoms with E-state index in [1.165, 1.54) is 0 Å². The van der Waals surface area contributed by atoms with E-state index >= 15 is 0 Å². The van der Waals surface area contributed by atoms with Crippen molar-refractivity contribution in [2.75, 3.05) is 13.1 Å². The number of hydroxylamine groups is 1. The molecule has 9 nitrogen and oxygen atoms in total. The number of rotatable bonds is 2.